The van der Waals surface area contributed by atoms with Crippen molar-refractivity contribution in [3.05, 3.63) is 22.8 Å². The van der Waals surface area contributed by atoms with Crippen LogP contribution in [0.2, 0.25) is 0 Å². The summed E-state index contributed by atoms with van der Waals surface area (Å²) in [5.74, 6) is 2.56. The second kappa shape index (κ2) is 6.54. The highest BCUT2D eigenvalue weighted by molar-refractivity contribution is 7.99. The maximum Gasteiger partial charge on any atom is 0.274 e. The Labute approximate surface area is 136 Å². The highest BCUT2D eigenvalue weighted by atomic mass is 32.2. The van der Waals surface area contributed by atoms with Crippen molar-refractivity contribution in [2.24, 2.45) is 0 Å². The molecule has 1 aromatic heterocycles. The molecule has 0 N–H and O–H groups in total. The summed E-state index contributed by atoms with van der Waals surface area (Å²) in [5.41, 5.74) is 3.00. The van der Waals surface area contributed by atoms with Crippen LogP contribution in [0.1, 0.15) is 34.0 Å². The number of hydrogen-bond acceptors (Lipinski definition) is 5. The van der Waals surface area contributed by atoms with Crippen molar-refractivity contribution in [1.29, 1.82) is 0 Å². The second-order valence-electron chi connectivity index (χ2n) is 6.17. The first kappa shape index (κ1) is 15.7. The number of aryl methyl sites for hydroxylation is 3. The molecule has 1 aromatic rings. The van der Waals surface area contributed by atoms with Crippen molar-refractivity contribution in [1.82, 2.24) is 19.8 Å². The third-order valence-corrected chi connectivity index (χ3v) is 5.85. The van der Waals surface area contributed by atoms with E-state index in [-0.39, 0.29) is 5.91 Å². The Morgan fingerprint density at radius 2 is 1.73 bits per heavy atom. The predicted molar refractivity (Wildman–Crippen MR) is 89.4 cm³/mol. The summed E-state index contributed by atoms with van der Waals surface area (Å²) in [6.45, 7) is 9.28. The molecule has 0 aromatic carbocycles. The maximum absolute atomic E-state index is 12.7. The van der Waals surface area contributed by atoms with Gasteiger partial charge in [0.05, 0.1) is 17.1 Å². The van der Waals surface area contributed by atoms with Gasteiger partial charge in [-0.1, -0.05) is 0 Å². The van der Waals surface area contributed by atoms with E-state index in [0.717, 1.165) is 43.3 Å². The summed E-state index contributed by atoms with van der Waals surface area (Å²) in [6, 6.07) is 0.713. The smallest absolute Gasteiger partial charge is 0.274 e. The molecule has 5 nitrogen and oxygen atoms in total. The largest absolute Gasteiger partial charge is 0.335 e. The van der Waals surface area contributed by atoms with Crippen LogP contribution >= 0.6 is 11.8 Å². The van der Waals surface area contributed by atoms with E-state index in [1.807, 2.05) is 37.4 Å². The van der Waals surface area contributed by atoms with Crippen molar-refractivity contribution in [3.8, 4) is 0 Å². The highest BCUT2D eigenvalue weighted by Crippen LogP contribution is 2.23. The van der Waals surface area contributed by atoms with E-state index in [9.17, 15) is 4.79 Å². The normalized spacial score (nSPS) is 23.0. The molecule has 0 saturated carbocycles. The molecule has 3 heterocycles. The number of carbonyl (C=O) groups is 1. The molecule has 1 unspecified atom stereocenters. The quantitative estimate of drug-likeness (QED) is 0.829. The summed E-state index contributed by atoms with van der Waals surface area (Å²) < 4.78 is 0. The topological polar surface area (TPSA) is 49.3 Å². The Hall–Kier alpha value is -1.14. The zero-order valence-corrected chi connectivity index (χ0v) is 14.4. The fraction of sp³-hybridized carbons (Fsp3) is 0.688. The lowest BCUT2D eigenvalue weighted by Crippen LogP contribution is -2.52. The SMILES string of the molecule is Cc1nc(C)c(C(=O)N2CCN(C3CCSC3)CC2)nc1C. The zero-order chi connectivity index (χ0) is 15.7. The molecule has 0 bridgehead atoms. The van der Waals surface area contributed by atoms with Gasteiger partial charge in [-0.3, -0.25) is 14.7 Å². The van der Waals surface area contributed by atoms with Crippen LogP contribution in [0.25, 0.3) is 0 Å². The minimum atomic E-state index is 0.0357. The van der Waals surface area contributed by atoms with Crippen molar-refractivity contribution in [2.75, 3.05) is 37.7 Å². The number of thioether (sulfide) groups is 1. The van der Waals surface area contributed by atoms with E-state index in [2.05, 4.69) is 14.9 Å². The van der Waals surface area contributed by atoms with E-state index in [1.54, 1.807) is 0 Å². The second-order valence-corrected chi connectivity index (χ2v) is 7.32. The fourth-order valence-corrected chi connectivity index (χ4v) is 4.42. The van der Waals surface area contributed by atoms with Gasteiger partial charge in [0.2, 0.25) is 0 Å². The Morgan fingerprint density at radius 1 is 1.05 bits per heavy atom. The number of aromatic nitrogens is 2. The monoisotopic (exact) mass is 320 g/mol. The molecule has 6 heteroatoms. The maximum atomic E-state index is 12.7. The van der Waals surface area contributed by atoms with Gasteiger partial charge in [-0.25, -0.2) is 4.98 Å². The van der Waals surface area contributed by atoms with Crippen molar-refractivity contribution in [2.45, 2.75) is 33.2 Å². The summed E-state index contributed by atoms with van der Waals surface area (Å²) >= 11 is 2.04. The fourth-order valence-electron chi connectivity index (χ4n) is 3.17. The Balaban J connectivity index is 1.65. The molecule has 0 aliphatic carbocycles. The Bertz CT molecular complexity index is 564. The molecular weight excluding hydrogens is 296 g/mol. The van der Waals surface area contributed by atoms with Gasteiger partial charge >= 0.3 is 0 Å². The molecule has 0 radical (unpaired) electrons. The van der Waals surface area contributed by atoms with Gasteiger partial charge in [0.1, 0.15) is 5.69 Å². The van der Waals surface area contributed by atoms with Gasteiger partial charge in [0.25, 0.3) is 5.91 Å². The van der Waals surface area contributed by atoms with Gasteiger partial charge < -0.3 is 4.90 Å². The predicted octanol–water partition coefficient (Wildman–Crippen LogP) is 1.67. The Morgan fingerprint density at radius 3 is 2.36 bits per heavy atom. The van der Waals surface area contributed by atoms with Crippen LogP contribution in [0.5, 0.6) is 0 Å². The van der Waals surface area contributed by atoms with E-state index < -0.39 is 0 Å². The van der Waals surface area contributed by atoms with Crippen LogP contribution in [0.3, 0.4) is 0 Å². The molecule has 0 spiro atoms. The van der Waals surface area contributed by atoms with Crippen LogP contribution in [0, 0.1) is 20.8 Å². The standard InChI is InChI=1S/C16H24N4OS/c1-11-12(2)18-15(13(3)17-11)16(21)20-7-5-19(6-8-20)14-4-9-22-10-14/h14H,4-10H2,1-3H3. The lowest BCUT2D eigenvalue weighted by Gasteiger charge is -2.37. The average molecular weight is 320 g/mol. The first-order chi connectivity index (χ1) is 10.6. The third-order valence-electron chi connectivity index (χ3n) is 4.71. The molecule has 22 heavy (non-hydrogen) atoms. The molecule has 2 aliphatic heterocycles. The first-order valence-electron chi connectivity index (χ1n) is 7.99. The van der Waals surface area contributed by atoms with Crippen molar-refractivity contribution >= 4 is 17.7 Å². The van der Waals surface area contributed by atoms with Crippen LogP contribution in [0.4, 0.5) is 0 Å². The van der Waals surface area contributed by atoms with Crippen LogP contribution in [0.15, 0.2) is 0 Å². The molecule has 2 aliphatic rings. The molecule has 2 saturated heterocycles. The minimum absolute atomic E-state index is 0.0357. The van der Waals surface area contributed by atoms with Crippen LogP contribution in [-0.4, -0.2) is 69.4 Å². The van der Waals surface area contributed by atoms with Gasteiger partial charge in [-0.2, -0.15) is 11.8 Å². The van der Waals surface area contributed by atoms with Gasteiger partial charge in [-0.05, 0) is 32.9 Å². The summed E-state index contributed by atoms with van der Waals surface area (Å²) in [6.07, 6.45) is 1.29. The van der Waals surface area contributed by atoms with E-state index >= 15 is 0 Å². The molecule has 120 valence electrons. The lowest BCUT2D eigenvalue weighted by molar-refractivity contribution is 0.0581. The molecular formula is C16H24N4OS. The van der Waals surface area contributed by atoms with E-state index in [1.165, 1.54) is 17.9 Å². The average Bonchev–Trinajstić information content (AvgIpc) is 3.05. The third kappa shape index (κ3) is 3.13. The molecule has 1 amide bonds. The lowest BCUT2D eigenvalue weighted by atomic mass is 10.1. The van der Waals surface area contributed by atoms with Crippen LogP contribution in [-0.2, 0) is 0 Å². The van der Waals surface area contributed by atoms with Gasteiger partial charge in [0.15, 0.2) is 0 Å². The number of nitrogens with zero attached hydrogens (tertiary/aromatic N) is 4. The van der Waals surface area contributed by atoms with Crippen molar-refractivity contribution in [3.63, 3.8) is 0 Å². The van der Waals surface area contributed by atoms with Gasteiger partial charge in [0, 0.05) is 38.0 Å². The van der Waals surface area contributed by atoms with Crippen LogP contribution < -0.4 is 0 Å². The highest BCUT2D eigenvalue weighted by Gasteiger charge is 2.29. The minimum Gasteiger partial charge on any atom is -0.335 e. The van der Waals surface area contributed by atoms with E-state index in [4.69, 9.17) is 0 Å². The Kier molecular flexibility index (Phi) is 4.68. The summed E-state index contributed by atoms with van der Waals surface area (Å²) in [5, 5.41) is 0. The number of amides is 1. The van der Waals surface area contributed by atoms with Crippen molar-refractivity contribution < 1.29 is 4.79 Å². The zero-order valence-electron chi connectivity index (χ0n) is 13.6. The number of carbonyl (C=O) groups excluding carboxylic acids is 1. The first-order valence-corrected chi connectivity index (χ1v) is 9.14. The number of rotatable bonds is 2. The number of piperazine rings is 1. The summed E-state index contributed by atoms with van der Waals surface area (Å²) in [7, 11) is 0. The number of hydrogen-bond donors (Lipinski definition) is 0. The van der Waals surface area contributed by atoms with Gasteiger partial charge in [-0.15, -0.1) is 0 Å². The molecule has 2 fully saturated rings. The van der Waals surface area contributed by atoms with E-state index in [0.29, 0.717) is 11.7 Å². The molecule has 1 atom stereocenters. The molecule has 3 rings (SSSR count). The summed E-state index contributed by atoms with van der Waals surface area (Å²) in [4.78, 5) is 26.1.